The molecule has 1 N–H and O–H groups in total. The summed E-state index contributed by atoms with van der Waals surface area (Å²) < 4.78 is 5.90. The number of rotatable bonds is 4. The molecule has 1 atom stereocenters. The van der Waals surface area contributed by atoms with Gasteiger partial charge in [-0.05, 0) is 44.7 Å². The van der Waals surface area contributed by atoms with Crippen molar-refractivity contribution in [3.63, 3.8) is 0 Å². The van der Waals surface area contributed by atoms with Crippen LogP contribution in [-0.4, -0.2) is 12.0 Å². The summed E-state index contributed by atoms with van der Waals surface area (Å²) in [4.78, 5) is 4.29. The Labute approximate surface area is 119 Å². The summed E-state index contributed by atoms with van der Waals surface area (Å²) in [6.07, 6.45) is 1.70. The van der Waals surface area contributed by atoms with Crippen molar-refractivity contribution >= 4 is 0 Å². The largest absolute Gasteiger partial charge is 0.438 e. The molecule has 1 heterocycles. The fourth-order valence-corrected chi connectivity index (χ4v) is 1.86. The highest BCUT2D eigenvalue weighted by Gasteiger charge is 2.12. The lowest BCUT2D eigenvalue weighted by atomic mass is 10.1. The normalized spacial score (nSPS) is 11.7. The van der Waals surface area contributed by atoms with Crippen molar-refractivity contribution < 1.29 is 4.74 Å². The SMILES string of the molecule is CNC(C)c1cccnc1Oc1cc(C#N)ccc1C. The van der Waals surface area contributed by atoms with Crippen LogP contribution in [0.2, 0.25) is 0 Å². The average molecular weight is 267 g/mol. The number of ether oxygens (including phenoxy) is 1. The molecule has 1 unspecified atom stereocenters. The van der Waals surface area contributed by atoms with E-state index in [1.54, 1.807) is 18.3 Å². The third kappa shape index (κ3) is 2.95. The maximum Gasteiger partial charge on any atom is 0.223 e. The second-order valence-electron chi connectivity index (χ2n) is 4.60. The molecule has 102 valence electrons. The summed E-state index contributed by atoms with van der Waals surface area (Å²) in [5.41, 5.74) is 2.53. The molecule has 0 spiro atoms. The van der Waals surface area contributed by atoms with Crippen LogP contribution in [-0.2, 0) is 0 Å². The molecule has 0 amide bonds. The van der Waals surface area contributed by atoms with Gasteiger partial charge in [-0.15, -0.1) is 0 Å². The predicted molar refractivity (Wildman–Crippen MR) is 77.7 cm³/mol. The Morgan fingerprint density at radius 3 is 2.85 bits per heavy atom. The number of nitrogens with one attached hydrogen (secondary N) is 1. The molecule has 0 bridgehead atoms. The van der Waals surface area contributed by atoms with E-state index in [0.717, 1.165) is 11.1 Å². The van der Waals surface area contributed by atoms with E-state index in [1.807, 2.05) is 39.1 Å². The monoisotopic (exact) mass is 267 g/mol. The van der Waals surface area contributed by atoms with Crippen molar-refractivity contribution in [2.75, 3.05) is 7.05 Å². The maximum absolute atomic E-state index is 8.97. The Morgan fingerprint density at radius 1 is 1.35 bits per heavy atom. The van der Waals surface area contributed by atoms with Crippen LogP contribution >= 0.6 is 0 Å². The fraction of sp³-hybridized carbons (Fsp3) is 0.250. The molecule has 0 aliphatic rings. The van der Waals surface area contributed by atoms with E-state index in [0.29, 0.717) is 17.2 Å². The lowest BCUT2D eigenvalue weighted by molar-refractivity contribution is 0.443. The van der Waals surface area contributed by atoms with Crippen molar-refractivity contribution in [2.24, 2.45) is 0 Å². The Balaban J connectivity index is 2.38. The van der Waals surface area contributed by atoms with Crippen LogP contribution in [0.3, 0.4) is 0 Å². The van der Waals surface area contributed by atoms with E-state index in [2.05, 4.69) is 16.4 Å². The summed E-state index contributed by atoms with van der Waals surface area (Å²) in [5, 5.41) is 12.1. The molecule has 1 aromatic carbocycles. The van der Waals surface area contributed by atoms with Crippen molar-refractivity contribution in [1.29, 1.82) is 5.26 Å². The first kappa shape index (κ1) is 14.0. The van der Waals surface area contributed by atoms with E-state index < -0.39 is 0 Å². The first-order chi connectivity index (χ1) is 9.65. The molecule has 0 aliphatic heterocycles. The van der Waals surface area contributed by atoms with Gasteiger partial charge in [0.05, 0.1) is 11.6 Å². The highest BCUT2D eigenvalue weighted by molar-refractivity contribution is 5.44. The van der Waals surface area contributed by atoms with Crippen LogP contribution in [0, 0.1) is 18.3 Å². The molecule has 4 nitrogen and oxygen atoms in total. The van der Waals surface area contributed by atoms with Crippen LogP contribution < -0.4 is 10.1 Å². The molecule has 2 rings (SSSR count). The smallest absolute Gasteiger partial charge is 0.223 e. The number of hydrogen-bond acceptors (Lipinski definition) is 4. The zero-order valence-electron chi connectivity index (χ0n) is 11.8. The van der Waals surface area contributed by atoms with Crippen molar-refractivity contribution in [3.8, 4) is 17.7 Å². The van der Waals surface area contributed by atoms with Crippen LogP contribution in [0.1, 0.15) is 29.7 Å². The highest BCUT2D eigenvalue weighted by atomic mass is 16.5. The number of nitriles is 1. The summed E-state index contributed by atoms with van der Waals surface area (Å²) in [7, 11) is 1.89. The summed E-state index contributed by atoms with van der Waals surface area (Å²) in [6.45, 7) is 3.99. The summed E-state index contributed by atoms with van der Waals surface area (Å²) in [5.74, 6) is 1.22. The lowest BCUT2D eigenvalue weighted by Gasteiger charge is -2.16. The molecule has 0 radical (unpaired) electrons. The van der Waals surface area contributed by atoms with Crippen LogP contribution in [0.15, 0.2) is 36.5 Å². The minimum absolute atomic E-state index is 0.137. The Hall–Kier alpha value is -2.38. The van der Waals surface area contributed by atoms with E-state index in [1.165, 1.54) is 0 Å². The Morgan fingerprint density at radius 2 is 2.15 bits per heavy atom. The van der Waals surface area contributed by atoms with Gasteiger partial charge in [-0.1, -0.05) is 12.1 Å². The number of benzene rings is 1. The molecule has 2 aromatic rings. The van der Waals surface area contributed by atoms with Crippen molar-refractivity contribution in [1.82, 2.24) is 10.3 Å². The van der Waals surface area contributed by atoms with Gasteiger partial charge in [-0.2, -0.15) is 5.26 Å². The third-order valence-corrected chi connectivity index (χ3v) is 3.22. The quantitative estimate of drug-likeness (QED) is 0.923. The van der Waals surface area contributed by atoms with Gasteiger partial charge >= 0.3 is 0 Å². The average Bonchev–Trinajstić information content (AvgIpc) is 2.49. The molecule has 20 heavy (non-hydrogen) atoms. The van der Waals surface area contributed by atoms with E-state index in [9.17, 15) is 0 Å². The van der Waals surface area contributed by atoms with Gasteiger partial charge in [-0.3, -0.25) is 0 Å². The molecule has 1 aromatic heterocycles. The van der Waals surface area contributed by atoms with E-state index in [4.69, 9.17) is 10.00 Å². The molecular weight excluding hydrogens is 250 g/mol. The standard InChI is InChI=1S/C16H17N3O/c1-11-6-7-13(10-17)9-15(11)20-16-14(12(2)18-3)5-4-8-19-16/h4-9,12,18H,1-3H3. The lowest BCUT2D eigenvalue weighted by Crippen LogP contribution is -2.13. The van der Waals surface area contributed by atoms with Gasteiger partial charge in [0.2, 0.25) is 5.88 Å². The number of aryl methyl sites for hydroxylation is 1. The van der Waals surface area contributed by atoms with Gasteiger partial charge in [0.25, 0.3) is 0 Å². The first-order valence-electron chi connectivity index (χ1n) is 6.46. The van der Waals surface area contributed by atoms with Crippen LogP contribution in [0.5, 0.6) is 11.6 Å². The number of aromatic nitrogens is 1. The van der Waals surface area contributed by atoms with Gasteiger partial charge in [0.15, 0.2) is 0 Å². The zero-order chi connectivity index (χ0) is 14.5. The molecule has 0 aliphatic carbocycles. The minimum atomic E-state index is 0.137. The van der Waals surface area contributed by atoms with E-state index in [-0.39, 0.29) is 6.04 Å². The molecule has 0 fully saturated rings. The number of hydrogen-bond donors (Lipinski definition) is 1. The molecule has 0 saturated heterocycles. The Bertz CT molecular complexity index is 646. The van der Waals surface area contributed by atoms with Gasteiger partial charge < -0.3 is 10.1 Å². The predicted octanol–water partition coefficient (Wildman–Crippen LogP) is 3.33. The van der Waals surface area contributed by atoms with Gasteiger partial charge in [-0.25, -0.2) is 4.98 Å². The fourth-order valence-electron chi connectivity index (χ4n) is 1.86. The van der Waals surface area contributed by atoms with Crippen molar-refractivity contribution in [2.45, 2.75) is 19.9 Å². The van der Waals surface area contributed by atoms with Crippen LogP contribution in [0.25, 0.3) is 0 Å². The zero-order valence-corrected chi connectivity index (χ0v) is 11.8. The van der Waals surface area contributed by atoms with Gasteiger partial charge in [0.1, 0.15) is 5.75 Å². The Kier molecular flexibility index (Phi) is 4.34. The molecular formula is C16H17N3O. The second kappa shape index (κ2) is 6.18. The number of pyridine rings is 1. The van der Waals surface area contributed by atoms with Gasteiger partial charge in [0, 0.05) is 17.8 Å². The highest BCUT2D eigenvalue weighted by Crippen LogP contribution is 2.29. The van der Waals surface area contributed by atoms with Crippen LogP contribution in [0.4, 0.5) is 0 Å². The molecule has 0 saturated carbocycles. The maximum atomic E-state index is 8.97. The molecule has 4 heteroatoms. The second-order valence-corrected chi connectivity index (χ2v) is 4.60. The van der Waals surface area contributed by atoms with Crippen molar-refractivity contribution in [3.05, 3.63) is 53.2 Å². The topological polar surface area (TPSA) is 57.9 Å². The van der Waals surface area contributed by atoms with E-state index >= 15 is 0 Å². The number of nitrogens with zero attached hydrogens (tertiary/aromatic N) is 2. The minimum Gasteiger partial charge on any atom is -0.438 e. The summed E-state index contributed by atoms with van der Waals surface area (Å²) >= 11 is 0. The first-order valence-corrected chi connectivity index (χ1v) is 6.46. The summed E-state index contributed by atoms with van der Waals surface area (Å²) in [6, 6.07) is 11.5. The third-order valence-electron chi connectivity index (χ3n) is 3.22.